The van der Waals surface area contributed by atoms with E-state index in [1.54, 1.807) is 0 Å². The van der Waals surface area contributed by atoms with E-state index in [2.05, 4.69) is 131 Å². The van der Waals surface area contributed by atoms with Gasteiger partial charge in [-0.25, -0.2) is 0 Å². The zero-order valence-corrected chi connectivity index (χ0v) is 19.4. The molecular formula is C32H19Br. The van der Waals surface area contributed by atoms with Gasteiger partial charge in [0.15, 0.2) is 0 Å². The van der Waals surface area contributed by atoms with Crippen LogP contribution in [-0.4, -0.2) is 0 Å². The normalized spacial score (nSPS) is 11.8. The van der Waals surface area contributed by atoms with Gasteiger partial charge in [0.1, 0.15) is 0 Å². The number of rotatable bonds is 1. The number of halogens is 1. The first-order chi connectivity index (χ1) is 16.3. The first-order valence-electron chi connectivity index (χ1n) is 11.2. The summed E-state index contributed by atoms with van der Waals surface area (Å²) in [5, 5.41) is 13.2. The molecule has 0 spiro atoms. The molecule has 0 amide bonds. The van der Waals surface area contributed by atoms with Gasteiger partial charge in [-0.3, -0.25) is 0 Å². The predicted octanol–water partition coefficient (Wildman–Crippen LogP) is 9.88. The fraction of sp³-hybridized carbons (Fsp3) is 0. The van der Waals surface area contributed by atoms with Gasteiger partial charge in [0.25, 0.3) is 0 Å². The summed E-state index contributed by atoms with van der Waals surface area (Å²) >= 11 is 3.76. The molecule has 0 unspecified atom stereocenters. The Hall–Kier alpha value is -3.68. The number of hydrogen-bond acceptors (Lipinski definition) is 0. The summed E-state index contributed by atoms with van der Waals surface area (Å²) in [7, 11) is 0. The van der Waals surface area contributed by atoms with Gasteiger partial charge in [0, 0.05) is 4.47 Å². The Morgan fingerprint density at radius 3 is 1.33 bits per heavy atom. The maximum Gasteiger partial charge on any atom is 0.0253 e. The van der Waals surface area contributed by atoms with E-state index in [1.165, 1.54) is 65.0 Å². The van der Waals surface area contributed by atoms with Crippen LogP contribution in [-0.2, 0) is 0 Å². The molecule has 7 rings (SSSR count). The first-order valence-corrected chi connectivity index (χ1v) is 12.0. The Labute approximate surface area is 200 Å². The molecule has 7 aromatic rings. The van der Waals surface area contributed by atoms with Crippen LogP contribution < -0.4 is 0 Å². The van der Waals surface area contributed by atoms with E-state index in [1.807, 2.05) is 0 Å². The third-order valence-corrected chi connectivity index (χ3v) is 7.58. The van der Waals surface area contributed by atoms with Crippen molar-refractivity contribution < 1.29 is 0 Å². The van der Waals surface area contributed by atoms with Crippen molar-refractivity contribution in [2.45, 2.75) is 0 Å². The highest BCUT2D eigenvalue weighted by molar-refractivity contribution is 9.10. The van der Waals surface area contributed by atoms with Crippen molar-refractivity contribution in [2.24, 2.45) is 0 Å². The molecule has 0 radical (unpaired) electrons. The monoisotopic (exact) mass is 482 g/mol. The quantitative estimate of drug-likeness (QED) is 0.204. The van der Waals surface area contributed by atoms with Crippen molar-refractivity contribution in [3.05, 3.63) is 120 Å². The van der Waals surface area contributed by atoms with Crippen LogP contribution in [0.3, 0.4) is 0 Å². The molecular weight excluding hydrogens is 464 g/mol. The van der Waals surface area contributed by atoms with Crippen LogP contribution in [0.4, 0.5) is 0 Å². The molecule has 0 N–H and O–H groups in total. The maximum atomic E-state index is 3.76. The molecule has 0 bridgehead atoms. The van der Waals surface area contributed by atoms with Crippen LogP contribution in [0, 0.1) is 0 Å². The van der Waals surface area contributed by atoms with Gasteiger partial charge < -0.3 is 0 Å². The lowest BCUT2D eigenvalue weighted by Crippen LogP contribution is -1.89. The molecule has 0 aliphatic rings. The fourth-order valence-electron chi connectivity index (χ4n) is 5.49. The molecule has 0 aliphatic carbocycles. The first kappa shape index (κ1) is 18.8. The summed E-state index contributed by atoms with van der Waals surface area (Å²) < 4.78 is 1.12. The molecule has 0 atom stereocenters. The minimum Gasteiger partial charge on any atom is -0.0616 e. The van der Waals surface area contributed by atoms with Crippen molar-refractivity contribution >= 4 is 69.8 Å². The van der Waals surface area contributed by atoms with Crippen LogP contribution in [0.1, 0.15) is 0 Å². The molecule has 0 aliphatic heterocycles. The van der Waals surface area contributed by atoms with Crippen LogP contribution in [0.5, 0.6) is 0 Å². The highest BCUT2D eigenvalue weighted by Crippen LogP contribution is 2.44. The Kier molecular flexibility index (Phi) is 4.09. The number of hydrogen-bond donors (Lipinski definition) is 0. The van der Waals surface area contributed by atoms with Crippen LogP contribution in [0.15, 0.2) is 120 Å². The Balaban J connectivity index is 1.81. The summed E-state index contributed by atoms with van der Waals surface area (Å²) in [5.74, 6) is 0. The van der Waals surface area contributed by atoms with Crippen molar-refractivity contribution in [2.75, 3.05) is 0 Å². The van der Waals surface area contributed by atoms with Gasteiger partial charge in [-0.1, -0.05) is 119 Å². The zero-order chi connectivity index (χ0) is 21.9. The van der Waals surface area contributed by atoms with E-state index in [0.29, 0.717) is 0 Å². The molecule has 0 fully saturated rings. The summed E-state index contributed by atoms with van der Waals surface area (Å²) in [6.45, 7) is 0. The predicted molar refractivity (Wildman–Crippen MR) is 147 cm³/mol. The van der Waals surface area contributed by atoms with Crippen LogP contribution in [0.2, 0.25) is 0 Å². The Morgan fingerprint density at radius 1 is 0.364 bits per heavy atom. The molecule has 0 saturated carbocycles. The summed E-state index contributed by atoms with van der Waals surface area (Å²) in [5.41, 5.74) is 2.44. The van der Waals surface area contributed by atoms with Gasteiger partial charge in [0.05, 0.1) is 0 Å². The van der Waals surface area contributed by atoms with Gasteiger partial charge in [0.2, 0.25) is 0 Å². The molecule has 154 valence electrons. The lowest BCUT2D eigenvalue weighted by Gasteiger charge is -2.17. The SMILES string of the molecule is Brc1ccccc1-c1ccc2c3ccccc3c3c4ccccc4c4ccccc4c3c2c1. The van der Waals surface area contributed by atoms with E-state index in [0.717, 1.165) is 4.47 Å². The summed E-state index contributed by atoms with van der Waals surface area (Å²) in [6, 6.07) is 41.9. The van der Waals surface area contributed by atoms with Crippen molar-refractivity contribution in [3.63, 3.8) is 0 Å². The Bertz CT molecular complexity index is 1860. The molecule has 0 nitrogen and oxygen atoms in total. The van der Waals surface area contributed by atoms with Crippen molar-refractivity contribution in [1.82, 2.24) is 0 Å². The molecule has 0 saturated heterocycles. The van der Waals surface area contributed by atoms with Crippen molar-refractivity contribution in [1.29, 1.82) is 0 Å². The minimum atomic E-state index is 1.12. The maximum absolute atomic E-state index is 3.76. The van der Waals surface area contributed by atoms with Gasteiger partial charge in [-0.05, 0) is 77.1 Å². The zero-order valence-electron chi connectivity index (χ0n) is 17.8. The van der Waals surface area contributed by atoms with E-state index in [4.69, 9.17) is 0 Å². The third-order valence-electron chi connectivity index (χ3n) is 6.89. The Morgan fingerprint density at radius 2 is 0.788 bits per heavy atom. The second-order valence-electron chi connectivity index (χ2n) is 8.63. The highest BCUT2D eigenvalue weighted by Gasteiger charge is 2.16. The number of benzene rings is 7. The molecule has 33 heavy (non-hydrogen) atoms. The standard InChI is InChI=1S/C32H19Br/c33-30-16-8-7-9-21(30)20-17-18-25-24-12-3-5-14-27(24)31-26-13-4-1-10-22(26)23-11-2-6-15-28(23)32(31)29(25)19-20/h1-19H. The van der Waals surface area contributed by atoms with E-state index >= 15 is 0 Å². The van der Waals surface area contributed by atoms with Gasteiger partial charge in [-0.2, -0.15) is 0 Å². The number of fused-ring (bicyclic) bond motifs is 11. The lowest BCUT2D eigenvalue weighted by atomic mass is 9.86. The minimum absolute atomic E-state index is 1.12. The van der Waals surface area contributed by atoms with Crippen LogP contribution >= 0.6 is 15.9 Å². The largest absolute Gasteiger partial charge is 0.0616 e. The second-order valence-corrected chi connectivity index (χ2v) is 9.48. The highest BCUT2D eigenvalue weighted by atomic mass is 79.9. The molecule has 0 heterocycles. The summed E-state index contributed by atoms with van der Waals surface area (Å²) in [6.07, 6.45) is 0. The van der Waals surface area contributed by atoms with Gasteiger partial charge >= 0.3 is 0 Å². The molecule has 7 aromatic carbocycles. The molecule has 1 heteroatoms. The average molecular weight is 483 g/mol. The summed E-state index contributed by atoms with van der Waals surface area (Å²) in [4.78, 5) is 0. The van der Waals surface area contributed by atoms with Crippen molar-refractivity contribution in [3.8, 4) is 11.1 Å². The van der Waals surface area contributed by atoms with E-state index in [-0.39, 0.29) is 0 Å². The smallest absolute Gasteiger partial charge is 0.0253 e. The van der Waals surface area contributed by atoms with E-state index in [9.17, 15) is 0 Å². The van der Waals surface area contributed by atoms with Crippen LogP contribution in [0.25, 0.3) is 65.0 Å². The van der Waals surface area contributed by atoms with Gasteiger partial charge in [-0.15, -0.1) is 0 Å². The average Bonchev–Trinajstić information content (AvgIpc) is 2.88. The lowest BCUT2D eigenvalue weighted by molar-refractivity contribution is 1.61. The molecule has 0 aromatic heterocycles. The second kappa shape index (κ2) is 7.16. The fourth-order valence-corrected chi connectivity index (χ4v) is 6.00. The van der Waals surface area contributed by atoms with E-state index < -0.39 is 0 Å². The topological polar surface area (TPSA) is 0 Å². The third kappa shape index (κ3) is 2.70.